The van der Waals surface area contributed by atoms with Gasteiger partial charge < -0.3 is 15.9 Å². The van der Waals surface area contributed by atoms with E-state index in [1.807, 2.05) is 0 Å². The Labute approximate surface area is 82.4 Å². The van der Waals surface area contributed by atoms with Crippen molar-refractivity contribution in [3.05, 3.63) is 12.2 Å². The molecule has 0 aromatic carbocycles. The second-order valence-corrected chi connectivity index (χ2v) is 1.74. The molecule has 0 fully saturated rings. The van der Waals surface area contributed by atoms with Crippen LogP contribution in [0.25, 0.3) is 0 Å². The molecule has 0 saturated heterocycles. The third-order valence-electron chi connectivity index (χ3n) is 0.851. The number of aliphatic carboxylic acids is 2. The molecule has 0 unspecified atom stereocenters. The van der Waals surface area contributed by atoms with E-state index in [1.165, 1.54) is 0 Å². The van der Waals surface area contributed by atoms with Crippen LogP contribution in [0.1, 0.15) is 9.14 Å². The fraction of sp³-hybridized carbons (Fsp3) is 0.333. The van der Waals surface area contributed by atoms with Gasteiger partial charge in [0.2, 0.25) is 0 Å². The molecular formula is C6H10BrNO4. The minimum atomic E-state index is -2.69. The van der Waals surface area contributed by atoms with Crippen molar-refractivity contribution < 1.29 is 22.5 Å². The van der Waals surface area contributed by atoms with E-state index in [9.17, 15) is 9.59 Å². The molecular weight excluding hydrogens is 230 g/mol. The molecule has 0 aromatic rings. The standard InChI is InChI=1S/C6H9NO4.BrH/c1-3(5(8)9)2-4(7)6(10)11;/h4H,1-2,7H2,(H,8,9)(H,10,11);1H/t4-;/m0./s1/i2D,4D;/t2-,4+;/m1.. The zero-order chi connectivity index (χ0) is 10.8. The predicted molar refractivity (Wildman–Crippen MR) is 47.3 cm³/mol. The van der Waals surface area contributed by atoms with Gasteiger partial charge >= 0.3 is 11.9 Å². The Kier molecular flexibility index (Phi) is 4.40. The average molecular weight is 242 g/mol. The van der Waals surface area contributed by atoms with E-state index in [4.69, 9.17) is 18.7 Å². The number of carbonyl (C=O) groups is 2. The molecule has 70 valence electrons. The molecule has 0 radical (unpaired) electrons. The van der Waals surface area contributed by atoms with Crippen LogP contribution in [0.3, 0.4) is 0 Å². The summed E-state index contributed by atoms with van der Waals surface area (Å²) in [6.45, 7) is 2.95. The van der Waals surface area contributed by atoms with Crippen LogP contribution in [0.5, 0.6) is 0 Å². The first-order chi connectivity index (χ1) is 5.71. The largest absolute Gasteiger partial charge is 0.480 e. The molecule has 0 rings (SSSR count). The van der Waals surface area contributed by atoms with Crippen LogP contribution in [-0.2, 0) is 9.59 Å². The van der Waals surface area contributed by atoms with Crippen molar-refractivity contribution in [2.45, 2.75) is 12.4 Å². The van der Waals surface area contributed by atoms with Crippen molar-refractivity contribution in [3.8, 4) is 0 Å². The van der Waals surface area contributed by atoms with Gasteiger partial charge in [0.25, 0.3) is 0 Å². The minimum absolute atomic E-state index is 0. The summed E-state index contributed by atoms with van der Waals surface area (Å²) < 4.78 is 14.0. The second kappa shape index (κ2) is 5.73. The molecule has 4 N–H and O–H groups in total. The Morgan fingerprint density at radius 2 is 2.08 bits per heavy atom. The van der Waals surface area contributed by atoms with E-state index in [0.29, 0.717) is 0 Å². The smallest absolute Gasteiger partial charge is 0.331 e. The summed E-state index contributed by atoms with van der Waals surface area (Å²) >= 11 is 0. The zero-order valence-electron chi connectivity index (χ0n) is 7.98. The van der Waals surface area contributed by atoms with E-state index >= 15 is 0 Å². The van der Waals surface area contributed by atoms with Gasteiger partial charge in [0.05, 0.1) is 1.37 Å². The lowest BCUT2D eigenvalue weighted by Crippen LogP contribution is -2.31. The van der Waals surface area contributed by atoms with Crippen molar-refractivity contribution in [2.24, 2.45) is 5.73 Å². The first kappa shape index (κ1) is 9.21. The molecule has 0 bridgehead atoms. The molecule has 6 heteroatoms. The quantitative estimate of drug-likeness (QED) is 0.602. The summed E-state index contributed by atoms with van der Waals surface area (Å²) in [7, 11) is 0. The number of carboxylic acid groups (broad SMARTS) is 2. The number of hydrogen-bond donors (Lipinski definition) is 3. The highest BCUT2D eigenvalue weighted by Gasteiger charge is 2.15. The molecule has 0 spiro atoms. The van der Waals surface area contributed by atoms with Crippen LogP contribution in [0, 0.1) is 0 Å². The maximum atomic E-state index is 10.3. The maximum Gasteiger partial charge on any atom is 0.331 e. The summed E-state index contributed by atoms with van der Waals surface area (Å²) in [6.07, 6.45) is -1.90. The van der Waals surface area contributed by atoms with Crippen LogP contribution in [0.2, 0.25) is 0 Å². The first-order valence-corrected chi connectivity index (χ1v) is 2.58. The normalized spacial score (nSPS) is 18.8. The van der Waals surface area contributed by atoms with Gasteiger partial charge in [-0.15, -0.1) is 17.0 Å². The second-order valence-electron chi connectivity index (χ2n) is 1.74. The van der Waals surface area contributed by atoms with E-state index in [-0.39, 0.29) is 17.0 Å². The van der Waals surface area contributed by atoms with Crippen LogP contribution in [-0.4, -0.2) is 28.2 Å². The van der Waals surface area contributed by atoms with Gasteiger partial charge in [-0.1, -0.05) is 6.58 Å². The summed E-state index contributed by atoms with van der Waals surface area (Å²) in [5.41, 5.74) is 4.17. The molecule has 0 aliphatic rings. The summed E-state index contributed by atoms with van der Waals surface area (Å²) in [5, 5.41) is 16.7. The van der Waals surface area contributed by atoms with Crippen molar-refractivity contribution in [1.29, 1.82) is 0 Å². The van der Waals surface area contributed by atoms with Gasteiger partial charge in [0.1, 0.15) is 6.02 Å². The molecule has 0 amide bonds. The lowest BCUT2D eigenvalue weighted by Gasteiger charge is -2.04. The topological polar surface area (TPSA) is 101 Å². The molecule has 5 nitrogen and oxygen atoms in total. The minimum Gasteiger partial charge on any atom is -0.480 e. The van der Waals surface area contributed by atoms with Gasteiger partial charge in [-0.3, -0.25) is 4.79 Å². The van der Waals surface area contributed by atoms with E-state index < -0.39 is 29.9 Å². The highest BCUT2D eigenvalue weighted by atomic mass is 79.9. The predicted octanol–water partition coefficient (Wildman–Crippen LogP) is 0.00710. The third-order valence-corrected chi connectivity index (χ3v) is 0.851. The third kappa shape index (κ3) is 4.86. The number of hydrogen-bond acceptors (Lipinski definition) is 3. The lowest BCUT2D eigenvalue weighted by molar-refractivity contribution is -0.138. The average Bonchev–Trinajstić information content (AvgIpc) is 2.01. The first-order valence-electron chi connectivity index (χ1n) is 3.65. The van der Waals surface area contributed by atoms with Gasteiger partial charge in [0.15, 0.2) is 0 Å². The van der Waals surface area contributed by atoms with E-state index in [0.717, 1.165) is 0 Å². The van der Waals surface area contributed by atoms with Crippen molar-refractivity contribution >= 4 is 28.9 Å². The Balaban J connectivity index is 0. The van der Waals surface area contributed by atoms with Crippen LogP contribution in [0.4, 0.5) is 0 Å². The van der Waals surface area contributed by atoms with E-state index in [2.05, 4.69) is 6.58 Å². The summed E-state index contributed by atoms with van der Waals surface area (Å²) in [6, 6.07) is -2.69. The molecule has 0 heterocycles. The Morgan fingerprint density at radius 3 is 2.33 bits per heavy atom. The lowest BCUT2D eigenvalue weighted by atomic mass is 10.1. The fourth-order valence-electron chi connectivity index (χ4n) is 0.311. The maximum absolute atomic E-state index is 10.3. The van der Waals surface area contributed by atoms with Crippen molar-refractivity contribution in [3.63, 3.8) is 0 Å². The molecule has 12 heavy (non-hydrogen) atoms. The summed E-state index contributed by atoms with van der Waals surface area (Å²) in [5.74, 6) is -3.31. The molecule has 0 aliphatic carbocycles. The molecule has 0 saturated carbocycles. The molecule has 0 aromatic heterocycles. The number of nitrogens with two attached hydrogens (primary N) is 1. The number of rotatable bonds is 4. The van der Waals surface area contributed by atoms with Gasteiger partial charge in [0, 0.05) is 13.3 Å². The fourth-order valence-corrected chi connectivity index (χ4v) is 0.311. The van der Waals surface area contributed by atoms with Gasteiger partial charge in [-0.2, -0.15) is 0 Å². The number of carboxylic acids is 2. The highest BCUT2D eigenvalue weighted by Crippen LogP contribution is 2.00. The van der Waals surface area contributed by atoms with Crippen molar-refractivity contribution in [2.75, 3.05) is 0 Å². The van der Waals surface area contributed by atoms with Crippen molar-refractivity contribution in [1.82, 2.24) is 0 Å². The van der Waals surface area contributed by atoms with E-state index in [1.54, 1.807) is 0 Å². The number of halogens is 1. The Hall–Kier alpha value is -0.880. The Morgan fingerprint density at radius 1 is 1.67 bits per heavy atom. The van der Waals surface area contributed by atoms with Gasteiger partial charge in [-0.05, 0) is 0 Å². The Bertz CT molecular complexity index is 269. The van der Waals surface area contributed by atoms with Crippen LogP contribution < -0.4 is 5.73 Å². The monoisotopic (exact) mass is 241 g/mol. The van der Waals surface area contributed by atoms with Crippen LogP contribution >= 0.6 is 17.0 Å². The molecule has 2 atom stereocenters. The zero-order valence-corrected chi connectivity index (χ0v) is 7.69. The highest BCUT2D eigenvalue weighted by molar-refractivity contribution is 8.93. The SMILES string of the molecule is Br.[2H][C@H](C(=C)C(=O)O)[C@]([2H])(N)C(=O)O. The van der Waals surface area contributed by atoms with Crippen LogP contribution in [0.15, 0.2) is 12.2 Å². The van der Waals surface area contributed by atoms with Gasteiger partial charge in [-0.25, -0.2) is 4.79 Å². The molecule has 0 aliphatic heterocycles. The summed E-state index contributed by atoms with van der Waals surface area (Å²) in [4.78, 5) is 20.6.